The zero-order chi connectivity index (χ0) is 9.60. The second-order valence-corrected chi connectivity index (χ2v) is 5.99. The van der Waals surface area contributed by atoms with Gasteiger partial charge in [0.05, 0.1) is 26.2 Å². The Balaban J connectivity index is 0.000000853. The summed E-state index contributed by atoms with van der Waals surface area (Å²) in [6, 6.07) is 0. The second-order valence-electron chi connectivity index (χ2n) is 5.74. The zero-order valence-corrected chi connectivity index (χ0v) is 10.6. The van der Waals surface area contributed by atoms with Gasteiger partial charge in [-0.15, -0.1) is 0 Å². The molecule has 1 aliphatic carbocycles. The third-order valence-corrected chi connectivity index (χ3v) is 4.70. The normalized spacial score (nSPS) is 47.1. The molecule has 0 aromatic heterocycles. The van der Waals surface area contributed by atoms with Gasteiger partial charge in [0.2, 0.25) is 0 Å². The Hall–Kier alpha value is 0.280. The monoisotopic (exact) mass is 247 g/mol. The van der Waals surface area contributed by atoms with Crippen molar-refractivity contribution in [3.05, 3.63) is 11.6 Å². The summed E-state index contributed by atoms with van der Waals surface area (Å²) < 4.78 is 1.36. The molecule has 1 saturated carbocycles. The Morgan fingerprint density at radius 3 is 1.87 bits per heavy atom. The lowest BCUT2D eigenvalue weighted by Crippen LogP contribution is -3.00. The first kappa shape index (κ1) is 11.8. The molecule has 86 valence electrons. The van der Waals surface area contributed by atoms with Crippen molar-refractivity contribution in [2.45, 2.75) is 19.3 Å². The van der Waals surface area contributed by atoms with E-state index in [2.05, 4.69) is 6.08 Å². The molecule has 0 aromatic rings. The van der Waals surface area contributed by atoms with Crippen LogP contribution in [0.1, 0.15) is 19.3 Å². The highest BCUT2D eigenvalue weighted by Crippen LogP contribution is 2.46. The maximum absolute atomic E-state index is 5.65. The van der Waals surface area contributed by atoms with Gasteiger partial charge >= 0.3 is 0 Å². The molecule has 0 radical (unpaired) electrons. The maximum Gasteiger partial charge on any atom is 0.0985 e. The van der Waals surface area contributed by atoms with E-state index >= 15 is 0 Å². The largest absolute Gasteiger partial charge is 1.00 e. The van der Waals surface area contributed by atoms with Crippen LogP contribution in [0.25, 0.3) is 0 Å². The lowest BCUT2D eigenvalue weighted by molar-refractivity contribution is -0.949. The molecule has 15 heavy (non-hydrogen) atoms. The average molecular weight is 248 g/mol. The van der Waals surface area contributed by atoms with Crippen LogP contribution in [0.3, 0.4) is 0 Å². The molecule has 4 rings (SSSR count). The minimum absolute atomic E-state index is 0. The molecule has 4 bridgehead atoms. The smallest absolute Gasteiger partial charge is 0.0985 e. The third-order valence-electron chi connectivity index (χ3n) is 4.52. The highest BCUT2D eigenvalue weighted by atomic mass is 35.5. The maximum atomic E-state index is 5.65. The van der Waals surface area contributed by atoms with Gasteiger partial charge in [0, 0.05) is 23.3 Å². The summed E-state index contributed by atoms with van der Waals surface area (Å²) >= 11 is 5.65. The van der Waals surface area contributed by atoms with Crippen LogP contribution in [-0.4, -0.2) is 30.7 Å². The van der Waals surface area contributed by atoms with Crippen molar-refractivity contribution in [3.8, 4) is 0 Å². The van der Waals surface area contributed by atoms with Gasteiger partial charge in [0.25, 0.3) is 0 Å². The van der Waals surface area contributed by atoms with Crippen LogP contribution < -0.4 is 12.4 Å². The van der Waals surface area contributed by atoms with Crippen molar-refractivity contribution in [2.24, 2.45) is 17.8 Å². The van der Waals surface area contributed by atoms with Crippen LogP contribution in [-0.2, 0) is 0 Å². The molecule has 3 aliphatic heterocycles. The van der Waals surface area contributed by atoms with Crippen LogP contribution in [0.5, 0.6) is 0 Å². The highest BCUT2D eigenvalue weighted by molar-refractivity contribution is 6.25. The molecule has 1 nitrogen and oxygen atoms in total. The standard InChI is InChI=1S/C12H19ClN.ClH/c13-2-1-3-14-7-10-4-11(8-14)6-12(5-10)9-14;/h1-2,10-12H,3-9H2;1H/q+1;/p-1. The van der Waals surface area contributed by atoms with Gasteiger partial charge in [0.1, 0.15) is 0 Å². The lowest BCUT2D eigenvalue weighted by atomic mass is 9.67. The minimum atomic E-state index is 0. The molecule has 3 heteroatoms. The van der Waals surface area contributed by atoms with E-state index in [-0.39, 0.29) is 12.4 Å². The zero-order valence-electron chi connectivity index (χ0n) is 9.04. The van der Waals surface area contributed by atoms with Crippen LogP contribution in [0, 0.1) is 17.8 Å². The van der Waals surface area contributed by atoms with Gasteiger partial charge in [-0.1, -0.05) is 11.6 Å². The molecule has 3 heterocycles. The van der Waals surface area contributed by atoms with E-state index in [1.54, 1.807) is 5.54 Å². The van der Waals surface area contributed by atoms with Crippen LogP contribution in [0.15, 0.2) is 11.6 Å². The van der Waals surface area contributed by atoms with Crippen molar-refractivity contribution in [1.82, 2.24) is 0 Å². The fraction of sp³-hybridized carbons (Fsp3) is 0.833. The molecule has 4 aliphatic rings. The number of hydrogen-bond donors (Lipinski definition) is 0. The fourth-order valence-corrected chi connectivity index (χ4v) is 4.58. The Morgan fingerprint density at radius 1 is 1.00 bits per heavy atom. The summed E-state index contributed by atoms with van der Waals surface area (Å²) in [6.45, 7) is 5.50. The summed E-state index contributed by atoms with van der Waals surface area (Å²) in [6.07, 6.45) is 6.75. The molecule has 0 spiro atoms. The summed E-state index contributed by atoms with van der Waals surface area (Å²) in [5, 5.41) is 0. The summed E-state index contributed by atoms with van der Waals surface area (Å²) in [4.78, 5) is 0. The minimum Gasteiger partial charge on any atom is -1.00 e. The first-order valence-corrected chi connectivity index (χ1v) is 6.34. The van der Waals surface area contributed by atoms with Crippen molar-refractivity contribution in [2.75, 3.05) is 26.2 Å². The first-order chi connectivity index (χ1) is 6.80. The van der Waals surface area contributed by atoms with Crippen LogP contribution in [0.2, 0.25) is 0 Å². The number of piperidine rings is 3. The Labute approximate surface area is 103 Å². The van der Waals surface area contributed by atoms with E-state index in [1.165, 1.54) is 49.9 Å². The molecule has 0 N–H and O–H groups in total. The van der Waals surface area contributed by atoms with Crippen LogP contribution >= 0.6 is 11.6 Å². The van der Waals surface area contributed by atoms with E-state index in [0.717, 1.165) is 17.8 Å². The molecular weight excluding hydrogens is 229 g/mol. The molecule has 0 aromatic carbocycles. The number of nitrogens with zero attached hydrogens (tertiary/aromatic N) is 1. The number of quaternary nitrogens is 1. The van der Waals surface area contributed by atoms with Gasteiger partial charge in [-0.25, -0.2) is 0 Å². The van der Waals surface area contributed by atoms with E-state index in [9.17, 15) is 0 Å². The highest BCUT2D eigenvalue weighted by Gasteiger charge is 2.50. The predicted octanol–water partition coefficient (Wildman–Crippen LogP) is -0.381. The molecule has 4 fully saturated rings. The van der Waals surface area contributed by atoms with Crippen molar-refractivity contribution in [3.63, 3.8) is 0 Å². The SMILES string of the molecule is ClC=CC[N+]12CC3CC(CC(C3)C1)C2.[Cl-]. The lowest BCUT2D eigenvalue weighted by Gasteiger charge is -2.57. The number of rotatable bonds is 2. The Morgan fingerprint density at radius 2 is 1.47 bits per heavy atom. The molecule has 3 saturated heterocycles. The van der Waals surface area contributed by atoms with Gasteiger partial charge in [-0.3, -0.25) is 0 Å². The van der Waals surface area contributed by atoms with Crippen molar-refractivity contribution in [1.29, 1.82) is 0 Å². The molecular formula is C12H19Cl2N. The summed E-state index contributed by atoms with van der Waals surface area (Å²) in [7, 11) is 0. The summed E-state index contributed by atoms with van der Waals surface area (Å²) in [5.74, 6) is 3.14. The Bertz CT molecular complexity index is 227. The first-order valence-electron chi connectivity index (χ1n) is 5.90. The molecule has 0 amide bonds. The quantitative estimate of drug-likeness (QED) is 0.584. The van der Waals surface area contributed by atoms with Gasteiger partial charge in [-0.05, 0) is 25.3 Å². The van der Waals surface area contributed by atoms with Gasteiger partial charge in [-0.2, -0.15) is 0 Å². The van der Waals surface area contributed by atoms with E-state index in [4.69, 9.17) is 11.6 Å². The van der Waals surface area contributed by atoms with Crippen molar-refractivity contribution < 1.29 is 16.9 Å². The topological polar surface area (TPSA) is 0 Å². The fourth-order valence-electron chi connectivity index (χ4n) is 4.50. The van der Waals surface area contributed by atoms with E-state index in [0.29, 0.717) is 0 Å². The van der Waals surface area contributed by atoms with E-state index in [1.807, 2.05) is 0 Å². The average Bonchev–Trinajstić information content (AvgIpc) is 2.12. The summed E-state index contributed by atoms with van der Waals surface area (Å²) in [5.41, 5.74) is 1.71. The van der Waals surface area contributed by atoms with Gasteiger partial charge < -0.3 is 16.9 Å². The predicted molar refractivity (Wildman–Crippen MR) is 59.0 cm³/mol. The number of halogens is 2. The van der Waals surface area contributed by atoms with Gasteiger partial charge in [0.15, 0.2) is 0 Å². The third kappa shape index (κ3) is 2.07. The molecule has 0 unspecified atom stereocenters. The molecule has 0 atom stereocenters. The second kappa shape index (κ2) is 4.27. The number of hydrogen-bond acceptors (Lipinski definition) is 0. The Kier molecular flexibility index (Phi) is 3.35. The van der Waals surface area contributed by atoms with Crippen LogP contribution in [0.4, 0.5) is 0 Å². The van der Waals surface area contributed by atoms with E-state index < -0.39 is 0 Å². The van der Waals surface area contributed by atoms with Crippen molar-refractivity contribution >= 4 is 11.6 Å².